The van der Waals surface area contributed by atoms with E-state index in [-0.39, 0.29) is 11.8 Å². The maximum atomic E-state index is 12.7. The van der Waals surface area contributed by atoms with Crippen LogP contribution in [0, 0.1) is 5.82 Å². The molecule has 2 rings (SSSR count). The molecular weight excluding hydrogens is 229 g/mol. The van der Waals surface area contributed by atoms with Gasteiger partial charge in [-0.3, -0.25) is 0 Å². The number of halogens is 1. The average Bonchev–Trinajstić information content (AvgIpc) is 2.78. The smallest absolute Gasteiger partial charge is 0.330 e. The second-order valence-corrected chi connectivity index (χ2v) is 3.27. The zero-order valence-corrected chi connectivity index (χ0v) is 8.50. The summed E-state index contributed by atoms with van der Waals surface area (Å²) in [7, 11) is 0. The minimum absolute atomic E-state index is 0.0942. The number of rotatable bonds is 3. The summed E-state index contributed by atoms with van der Waals surface area (Å²) in [6, 6.07) is 3.99. The monoisotopic (exact) mass is 237 g/mol. The average molecular weight is 237 g/mol. The number of hydrogen-bond donors (Lipinski definition) is 2. The molecule has 0 radical (unpaired) electrons. The number of hydrogen-bond acceptors (Lipinski definition) is 5. The molecule has 0 aliphatic rings. The fraction of sp³-hybridized carbons (Fsp3) is 0.100. The van der Waals surface area contributed by atoms with Crippen LogP contribution < -0.4 is 5.73 Å². The van der Waals surface area contributed by atoms with Crippen molar-refractivity contribution in [3.05, 3.63) is 36.0 Å². The molecule has 7 heteroatoms. The molecule has 0 saturated heterocycles. The summed E-state index contributed by atoms with van der Waals surface area (Å²) in [5.41, 5.74) is 5.79. The van der Waals surface area contributed by atoms with E-state index in [1.165, 1.54) is 24.3 Å². The lowest BCUT2D eigenvalue weighted by Gasteiger charge is -1.98. The van der Waals surface area contributed by atoms with Gasteiger partial charge in [0.2, 0.25) is 11.8 Å². The zero-order chi connectivity index (χ0) is 12.4. The van der Waals surface area contributed by atoms with Crippen LogP contribution >= 0.6 is 0 Å². The Bertz CT molecular complexity index is 538. The van der Waals surface area contributed by atoms with Crippen molar-refractivity contribution < 1.29 is 18.7 Å². The van der Waals surface area contributed by atoms with E-state index in [0.29, 0.717) is 5.56 Å². The first-order valence-corrected chi connectivity index (χ1v) is 4.65. The van der Waals surface area contributed by atoms with Gasteiger partial charge in [0.25, 0.3) is 0 Å². The van der Waals surface area contributed by atoms with Crippen molar-refractivity contribution in [2.75, 3.05) is 0 Å². The standard InChI is InChI=1S/C10H8FN3O3/c11-6-3-1-5(2-4-6)8-13-14-9(17-8)7(12)10(15)16/h1-4,7H,12H2,(H,15,16). The van der Waals surface area contributed by atoms with Crippen LogP contribution in [0.1, 0.15) is 11.9 Å². The van der Waals surface area contributed by atoms with E-state index >= 15 is 0 Å². The van der Waals surface area contributed by atoms with Crippen molar-refractivity contribution in [3.63, 3.8) is 0 Å². The molecule has 1 unspecified atom stereocenters. The van der Waals surface area contributed by atoms with Crippen molar-refractivity contribution in [3.8, 4) is 11.5 Å². The van der Waals surface area contributed by atoms with Crippen molar-refractivity contribution in [1.82, 2.24) is 10.2 Å². The van der Waals surface area contributed by atoms with Gasteiger partial charge in [0.15, 0.2) is 6.04 Å². The van der Waals surface area contributed by atoms with Crippen LogP contribution in [0.3, 0.4) is 0 Å². The van der Waals surface area contributed by atoms with Gasteiger partial charge in [0, 0.05) is 5.56 Å². The first-order chi connectivity index (χ1) is 8.08. The molecule has 0 spiro atoms. The van der Waals surface area contributed by atoms with Crippen LogP contribution in [0.15, 0.2) is 28.7 Å². The van der Waals surface area contributed by atoms with Gasteiger partial charge < -0.3 is 15.3 Å². The summed E-state index contributed by atoms with van der Waals surface area (Å²) in [4.78, 5) is 10.6. The summed E-state index contributed by atoms with van der Waals surface area (Å²) in [6.45, 7) is 0. The summed E-state index contributed by atoms with van der Waals surface area (Å²) in [6.07, 6.45) is 0. The van der Waals surface area contributed by atoms with Gasteiger partial charge in [-0.25, -0.2) is 9.18 Å². The Morgan fingerprint density at radius 1 is 1.35 bits per heavy atom. The molecule has 17 heavy (non-hydrogen) atoms. The molecule has 0 aliphatic heterocycles. The number of aromatic nitrogens is 2. The third-order valence-corrected chi connectivity index (χ3v) is 2.06. The fourth-order valence-corrected chi connectivity index (χ4v) is 1.18. The Labute approximate surface area is 94.9 Å². The number of nitrogens with zero attached hydrogens (tertiary/aromatic N) is 2. The summed E-state index contributed by atoms with van der Waals surface area (Å²) in [5.74, 6) is -1.76. The normalized spacial score (nSPS) is 12.4. The number of aliphatic carboxylic acids is 1. The molecular formula is C10H8FN3O3. The lowest BCUT2D eigenvalue weighted by molar-refractivity contribution is -0.139. The SMILES string of the molecule is NC(C(=O)O)c1nnc(-c2ccc(F)cc2)o1. The Kier molecular flexibility index (Phi) is 2.84. The fourth-order valence-electron chi connectivity index (χ4n) is 1.18. The minimum Gasteiger partial charge on any atom is -0.480 e. The summed E-state index contributed by atoms with van der Waals surface area (Å²) >= 11 is 0. The molecule has 0 amide bonds. The van der Waals surface area contributed by atoms with Crippen molar-refractivity contribution in [1.29, 1.82) is 0 Å². The van der Waals surface area contributed by atoms with Gasteiger partial charge in [0.1, 0.15) is 5.82 Å². The maximum absolute atomic E-state index is 12.7. The van der Waals surface area contributed by atoms with E-state index in [1.807, 2.05) is 0 Å². The van der Waals surface area contributed by atoms with E-state index < -0.39 is 17.8 Å². The predicted molar refractivity (Wildman–Crippen MR) is 54.3 cm³/mol. The first kappa shape index (κ1) is 11.2. The Morgan fingerprint density at radius 3 is 2.59 bits per heavy atom. The van der Waals surface area contributed by atoms with Crippen LogP contribution in [0.25, 0.3) is 11.5 Å². The highest BCUT2D eigenvalue weighted by Crippen LogP contribution is 2.20. The molecule has 0 bridgehead atoms. The van der Waals surface area contributed by atoms with Crippen molar-refractivity contribution >= 4 is 5.97 Å². The topological polar surface area (TPSA) is 102 Å². The number of carbonyl (C=O) groups is 1. The predicted octanol–water partition coefficient (Wildman–Crippen LogP) is 0.960. The largest absolute Gasteiger partial charge is 0.480 e. The maximum Gasteiger partial charge on any atom is 0.330 e. The highest BCUT2D eigenvalue weighted by Gasteiger charge is 2.21. The molecule has 88 valence electrons. The van der Waals surface area contributed by atoms with Gasteiger partial charge in [-0.15, -0.1) is 10.2 Å². The molecule has 0 saturated carbocycles. The van der Waals surface area contributed by atoms with Gasteiger partial charge in [-0.2, -0.15) is 0 Å². The van der Waals surface area contributed by atoms with E-state index in [4.69, 9.17) is 15.3 Å². The number of carboxylic acids is 1. The first-order valence-electron chi connectivity index (χ1n) is 4.65. The molecule has 0 aliphatic carbocycles. The van der Waals surface area contributed by atoms with Crippen LogP contribution in [0.2, 0.25) is 0 Å². The quantitative estimate of drug-likeness (QED) is 0.824. The number of benzene rings is 1. The second-order valence-electron chi connectivity index (χ2n) is 3.27. The summed E-state index contributed by atoms with van der Waals surface area (Å²) < 4.78 is 17.8. The Morgan fingerprint density at radius 2 is 2.00 bits per heavy atom. The van der Waals surface area contributed by atoms with E-state index in [2.05, 4.69) is 10.2 Å². The Hall–Kier alpha value is -2.28. The molecule has 1 atom stereocenters. The zero-order valence-electron chi connectivity index (χ0n) is 8.50. The molecule has 6 nitrogen and oxygen atoms in total. The van der Waals surface area contributed by atoms with E-state index in [9.17, 15) is 9.18 Å². The molecule has 3 N–H and O–H groups in total. The van der Waals surface area contributed by atoms with Gasteiger partial charge in [0.05, 0.1) is 0 Å². The van der Waals surface area contributed by atoms with Crippen molar-refractivity contribution in [2.24, 2.45) is 5.73 Å². The minimum atomic E-state index is -1.36. The molecule has 1 aromatic carbocycles. The van der Waals surface area contributed by atoms with Gasteiger partial charge >= 0.3 is 5.97 Å². The molecule has 0 fully saturated rings. The Balaban J connectivity index is 2.29. The molecule has 1 aromatic heterocycles. The van der Waals surface area contributed by atoms with E-state index in [1.54, 1.807) is 0 Å². The van der Waals surface area contributed by atoms with Crippen LogP contribution in [0.4, 0.5) is 4.39 Å². The molecule has 1 heterocycles. The van der Waals surface area contributed by atoms with Crippen molar-refractivity contribution in [2.45, 2.75) is 6.04 Å². The number of nitrogens with two attached hydrogens (primary N) is 1. The molecule has 2 aromatic rings. The van der Waals surface area contributed by atoms with Gasteiger partial charge in [-0.1, -0.05) is 0 Å². The lowest BCUT2D eigenvalue weighted by atomic mass is 10.2. The highest BCUT2D eigenvalue weighted by molar-refractivity contribution is 5.73. The lowest BCUT2D eigenvalue weighted by Crippen LogP contribution is -2.20. The van der Waals surface area contributed by atoms with Gasteiger partial charge in [-0.05, 0) is 24.3 Å². The highest BCUT2D eigenvalue weighted by atomic mass is 19.1. The second kappa shape index (κ2) is 4.30. The number of carboxylic acid groups (broad SMARTS) is 1. The van der Waals surface area contributed by atoms with Crippen LogP contribution in [-0.2, 0) is 4.79 Å². The van der Waals surface area contributed by atoms with Crippen LogP contribution in [-0.4, -0.2) is 21.3 Å². The third-order valence-electron chi connectivity index (χ3n) is 2.06. The van der Waals surface area contributed by atoms with Crippen LogP contribution in [0.5, 0.6) is 0 Å². The third kappa shape index (κ3) is 2.28. The van der Waals surface area contributed by atoms with E-state index in [0.717, 1.165) is 0 Å². The summed E-state index contributed by atoms with van der Waals surface area (Å²) in [5, 5.41) is 15.8.